The molecule has 4 heteroatoms. The van der Waals surface area contributed by atoms with Crippen molar-refractivity contribution in [3.8, 4) is 39.1 Å². The summed E-state index contributed by atoms with van der Waals surface area (Å²) in [6.07, 6.45) is 6.79. The van der Waals surface area contributed by atoms with Gasteiger partial charge in [-0.25, -0.2) is 0 Å². The summed E-state index contributed by atoms with van der Waals surface area (Å²) in [5.41, 5.74) is 26.9. The molecule has 3 aliphatic rings. The first-order valence-corrected chi connectivity index (χ1v) is 28.3. The molecule has 1 atom stereocenters. The van der Waals surface area contributed by atoms with Crippen LogP contribution in [0.5, 0.6) is 0 Å². The van der Waals surface area contributed by atoms with Crippen molar-refractivity contribution in [1.82, 2.24) is 4.57 Å². The minimum Gasteiger partial charge on any atom is -0.309 e. The second kappa shape index (κ2) is 18.8. The van der Waals surface area contributed by atoms with Crippen molar-refractivity contribution in [3.05, 3.63) is 316 Å². The van der Waals surface area contributed by atoms with Gasteiger partial charge >= 0.3 is 0 Å². The number of allylic oxidation sites excluding steroid dienone is 3. The third kappa shape index (κ3) is 7.31. The van der Waals surface area contributed by atoms with E-state index >= 15 is 0 Å². The van der Waals surface area contributed by atoms with Gasteiger partial charge in [-0.1, -0.05) is 200 Å². The quantitative estimate of drug-likeness (QED) is 0.143. The van der Waals surface area contributed by atoms with Gasteiger partial charge in [-0.15, -0.1) is 0 Å². The Morgan fingerprint density at radius 2 is 0.937 bits per heavy atom. The Morgan fingerprint density at radius 3 is 1.65 bits per heavy atom. The number of halogens is 1. The summed E-state index contributed by atoms with van der Waals surface area (Å²) in [5, 5.41) is 2.52. The number of hydrogen-bond donors (Lipinski definition) is 0. The Kier molecular flexibility index (Phi) is 11.2. The van der Waals surface area contributed by atoms with E-state index in [1.165, 1.54) is 88.7 Å². The minimum absolute atomic E-state index is 0.595. The number of nitrogens with zero attached hydrogens (tertiary/aromatic N) is 3. The van der Waals surface area contributed by atoms with Crippen molar-refractivity contribution in [2.75, 3.05) is 9.80 Å². The zero-order valence-electron chi connectivity index (χ0n) is 44.0. The average molecular weight is 1080 g/mol. The summed E-state index contributed by atoms with van der Waals surface area (Å²) in [7, 11) is 0. The van der Waals surface area contributed by atoms with Crippen LogP contribution in [0.15, 0.2) is 277 Å². The molecule has 1 aromatic heterocycles. The summed E-state index contributed by atoms with van der Waals surface area (Å²) in [6.45, 7) is 4.43. The van der Waals surface area contributed by atoms with Crippen LogP contribution in [0, 0.1) is 13.8 Å². The third-order valence-corrected chi connectivity index (χ3v) is 17.6. The van der Waals surface area contributed by atoms with Crippen molar-refractivity contribution >= 4 is 71.7 Å². The van der Waals surface area contributed by atoms with Gasteiger partial charge in [0.15, 0.2) is 0 Å². The zero-order chi connectivity index (χ0) is 52.8. The lowest BCUT2D eigenvalue weighted by molar-refractivity contribution is 0.793. The second-order valence-electron chi connectivity index (χ2n) is 21.3. The van der Waals surface area contributed by atoms with Crippen molar-refractivity contribution < 1.29 is 0 Å². The Hall–Kier alpha value is -9.22. The van der Waals surface area contributed by atoms with Gasteiger partial charge in [0.25, 0.3) is 0 Å². The van der Waals surface area contributed by atoms with Crippen LogP contribution in [0.2, 0.25) is 0 Å². The van der Waals surface area contributed by atoms with Gasteiger partial charge in [0.1, 0.15) is 0 Å². The van der Waals surface area contributed by atoms with E-state index in [2.05, 4.69) is 311 Å². The van der Waals surface area contributed by atoms with E-state index < -0.39 is 5.41 Å². The summed E-state index contributed by atoms with van der Waals surface area (Å²) in [4.78, 5) is 5.01. The molecule has 376 valence electrons. The molecule has 0 amide bonds. The summed E-state index contributed by atoms with van der Waals surface area (Å²) in [6, 6.07) is 94.8. The fourth-order valence-corrected chi connectivity index (χ4v) is 14.1. The van der Waals surface area contributed by atoms with E-state index in [4.69, 9.17) is 0 Å². The maximum Gasteiger partial charge on any atom is 0.0726 e. The van der Waals surface area contributed by atoms with Gasteiger partial charge in [0, 0.05) is 44.7 Å². The van der Waals surface area contributed by atoms with Crippen LogP contribution in [0.4, 0.5) is 28.4 Å². The van der Waals surface area contributed by atoms with Crippen molar-refractivity contribution in [3.63, 3.8) is 0 Å². The first kappa shape index (κ1) is 47.0. The third-order valence-electron chi connectivity index (χ3n) is 16.8. The molecule has 0 aliphatic heterocycles. The van der Waals surface area contributed by atoms with Gasteiger partial charge in [0.05, 0.1) is 38.0 Å². The number of para-hydroxylation sites is 3. The van der Waals surface area contributed by atoms with Crippen molar-refractivity contribution in [2.45, 2.75) is 32.1 Å². The number of hydrogen-bond acceptors (Lipinski definition) is 2. The van der Waals surface area contributed by atoms with Gasteiger partial charge in [-0.2, -0.15) is 0 Å². The predicted molar refractivity (Wildman–Crippen MR) is 335 cm³/mol. The van der Waals surface area contributed by atoms with Crippen LogP contribution < -0.4 is 9.80 Å². The highest BCUT2D eigenvalue weighted by Gasteiger charge is 2.52. The van der Waals surface area contributed by atoms with E-state index in [0.717, 1.165) is 68.1 Å². The van der Waals surface area contributed by atoms with Crippen LogP contribution in [0.3, 0.4) is 0 Å². The smallest absolute Gasteiger partial charge is 0.0726 e. The zero-order valence-corrected chi connectivity index (χ0v) is 45.6. The maximum atomic E-state index is 4.46. The molecule has 0 N–H and O–H groups in total. The highest BCUT2D eigenvalue weighted by atomic mass is 79.9. The summed E-state index contributed by atoms with van der Waals surface area (Å²) in [5.74, 6) is 0. The lowest BCUT2D eigenvalue weighted by atomic mass is 9.70. The number of aryl methyl sites for hydroxylation is 2. The number of anilines is 5. The topological polar surface area (TPSA) is 11.4 Å². The van der Waals surface area contributed by atoms with E-state index in [9.17, 15) is 0 Å². The lowest BCUT2D eigenvalue weighted by Gasteiger charge is -2.36. The molecule has 11 aromatic carbocycles. The number of benzene rings is 11. The van der Waals surface area contributed by atoms with Gasteiger partial charge in [-0.3, -0.25) is 0 Å². The first-order chi connectivity index (χ1) is 39.0. The average Bonchev–Trinajstić information content (AvgIpc) is 2.58. The van der Waals surface area contributed by atoms with E-state index in [1.54, 1.807) is 0 Å². The van der Waals surface area contributed by atoms with Crippen LogP contribution >= 0.6 is 15.9 Å². The second-order valence-corrected chi connectivity index (χ2v) is 22.1. The van der Waals surface area contributed by atoms with Crippen LogP contribution in [-0.4, -0.2) is 4.57 Å². The highest BCUT2D eigenvalue weighted by Crippen LogP contribution is 2.64. The Bertz CT molecular complexity index is 4430. The Balaban J connectivity index is 0.977. The molecule has 0 bridgehead atoms. The van der Waals surface area contributed by atoms with Gasteiger partial charge in [-0.05, 0) is 176 Å². The molecule has 0 radical (unpaired) electrons. The van der Waals surface area contributed by atoms with E-state index in [0.29, 0.717) is 0 Å². The van der Waals surface area contributed by atoms with Crippen molar-refractivity contribution in [2.24, 2.45) is 0 Å². The summed E-state index contributed by atoms with van der Waals surface area (Å²) < 4.78 is 3.45. The predicted octanol–water partition coefficient (Wildman–Crippen LogP) is 20.5. The lowest BCUT2D eigenvalue weighted by Crippen LogP contribution is -2.26. The molecule has 79 heavy (non-hydrogen) atoms. The van der Waals surface area contributed by atoms with Crippen LogP contribution in [0.25, 0.3) is 66.4 Å². The fourth-order valence-electron chi connectivity index (χ4n) is 13.5. The van der Waals surface area contributed by atoms with Crippen LogP contribution in [0.1, 0.15) is 51.8 Å². The molecule has 0 fully saturated rings. The SMILES string of the molecule is Cc1cccc(N(C2=CCCC=C2c2ccccc2)c2cc(C)cc(N(c3ccc4c(c3)C3(c5ccccc5-c5cc(-n6c7ccccc7c7ccccc76)ccc53)c3ccccc3-4)c3ccccc3-c3ccccc3)c2Br)c1. The molecule has 15 rings (SSSR count). The highest BCUT2D eigenvalue weighted by molar-refractivity contribution is 9.10. The first-order valence-electron chi connectivity index (χ1n) is 27.5. The van der Waals surface area contributed by atoms with Crippen molar-refractivity contribution in [1.29, 1.82) is 0 Å². The van der Waals surface area contributed by atoms with E-state index in [-0.39, 0.29) is 0 Å². The van der Waals surface area contributed by atoms with Crippen LogP contribution in [-0.2, 0) is 5.41 Å². The normalized spacial score (nSPS) is 14.9. The standard InChI is InChI=1S/C75H54BrN3/c1-49-22-21-27-53(44-49)78(68-36-17-11-28-56(68)51-23-5-3-6-24-51)72-45-50(2)46-73(74(72)76)79(69-37-18-12-29-57(69)52-25-7-4-8-26-52)55-40-42-60-58-30-9-15-34-64(58)75(67(60)48-55)65-35-16-10-31-59(65)63-47-54(41-43-66(63)75)77-70-38-19-13-32-61(70)62-33-14-20-39-71(62)77/h3-10,12-16,18-48H,11,17H2,1-2H3. The fraction of sp³-hybridized carbons (Fsp3) is 0.0667. The number of rotatable bonds is 9. The molecule has 1 heterocycles. The number of aromatic nitrogens is 1. The molecular formula is C75H54BrN3. The molecule has 0 saturated heterocycles. The molecular weight excluding hydrogens is 1020 g/mol. The van der Waals surface area contributed by atoms with Gasteiger partial charge in [0.2, 0.25) is 0 Å². The Morgan fingerprint density at radius 1 is 0.380 bits per heavy atom. The molecule has 1 spiro atoms. The molecule has 3 nitrogen and oxygen atoms in total. The molecule has 3 aliphatic carbocycles. The largest absolute Gasteiger partial charge is 0.309 e. The minimum atomic E-state index is -0.595. The number of fused-ring (bicyclic) bond motifs is 13. The van der Waals surface area contributed by atoms with Gasteiger partial charge < -0.3 is 14.4 Å². The maximum absolute atomic E-state index is 4.46. The monoisotopic (exact) mass is 1080 g/mol. The van der Waals surface area contributed by atoms with E-state index in [1.807, 2.05) is 0 Å². The molecule has 1 unspecified atom stereocenters. The molecule has 0 saturated carbocycles. The summed E-state index contributed by atoms with van der Waals surface area (Å²) >= 11 is 4.46. The Labute approximate surface area is 470 Å². The molecule has 12 aromatic rings.